The molecule has 1 N–H and O–H groups in total. The smallest absolute Gasteiger partial charge is 0.168 e. The number of ether oxygens (including phenoxy) is 4. The van der Waals surface area contributed by atoms with Crippen molar-refractivity contribution in [2.45, 2.75) is 63.4 Å². The highest BCUT2D eigenvalue weighted by Crippen LogP contribution is 2.36. The lowest BCUT2D eigenvalue weighted by atomic mass is 9.92. The molecule has 1 atom stereocenters. The van der Waals surface area contributed by atoms with Gasteiger partial charge in [0.2, 0.25) is 0 Å². The summed E-state index contributed by atoms with van der Waals surface area (Å²) in [7, 11) is 0. The van der Waals surface area contributed by atoms with Gasteiger partial charge in [-0.2, -0.15) is 0 Å². The fourth-order valence-electron chi connectivity index (χ4n) is 2.74. The van der Waals surface area contributed by atoms with Gasteiger partial charge in [-0.25, -0.2) is 0 Å². The van der Waals surface area contributed by atoms with Crippen LogP contribution in [-0.2, 0) is 18.9 Å². The van der Waals surface area contributed by atoms with Gasteiger partial charge in [-0.1, -0.05) is 13.3 Å². The van der Waals surface area contributed by atoms with E-state index >= 15 is 0 Å². The second-order valence-electron chi connectivity index (χ2n) is 5.72. The molecular formula is C15H28O5. The summed E-state index contributed by atoms with van der Waals surface area (Å²) in [5.41, 5.74) is 0. The molecule has 0 aromatic heterocycles. The Hall–Kier alpha value is -0.200. The van der Waals surface area contributed by atoms with Crippen LogP contribution in [0.15, 0.2) is 0 Å². The van der Waals surface area contributed by atoms with Crippen molar-refractivity contribution >= 4 is 0 Å². The molecule has 1 saturated carbocycles. The first-order valence-electron chi connectivity index (χ1n) is 7.89. The molecule has 1 spiro atoms. The average molecular weight is 288 g/mol. The van der Waals surface area contributed by atoms with E-state index < -0.39 is 6.10 Å². The lowest BCUT2D eigenvalue weighted by Crippen LogP contribution is -2.38. The van der Waals surface area contributed by atoms with Crippen molar-refractivity contribution in [1.29, 1.82) is 0 Å². The maximum atomic E-state index is 9.78. The molecule has 0 amide bonds. The van der Waals surface area contributed by atoms with Crippen LogP contribution in [0.2, 0.25) is 0 Å². The summed E-state index contributed by atoms with van der Waals surface area (Å²) in [6, 6.07) is 0. The molecule has 1 aliphatic carbocycles. The van der Waals surface area contributed by atoms with E-state index in [-0.39, 0.29) is 11.9 Å². The Morgan fingerprint density at radius 3 is 2.55 bits per heavy atom. The van der Waals surface area contributed by atoms with Crippen LogP contribution in [0.3, 0.4) is 0 Å². The summed E-state index contributed by atoms with van der Waals surface area (Å²) >= 11 is 0. The summed E-state index contributed by atoms with van der Waals surface area (Å²) in [4.78, 5) is 0. The van der Waals surface area contributed by atoms with Gasteiger partial charge < -0.3 is 24.1 Å². The zero-order valence-electron chi connectivity index (χ0n) is 12.5. The van der Waals surface area contributed by atoms with Crippen LogP contribution in [0.5, 0.6) is 0 Å². The number of unbranched alkanes of at least 4 members (excludes halogenated alkanes) is 1. The Bertz CT molecular complexity index is 255. The van der Waals surface area contributed by atoms with E-state index in [1.54, 1.807) is 0 Å². The third-order valence-corrected chi connectivity index (χ3v) is 3.98. The SMILES string of the molecule is CCCCOCC(O)COC1CCC2(CC1)OCCO2. The van der Waals surface area contributed by atoms with Crippen LogP contribution in [0.1, 0.15) is 45.4 Å². The summed E-state index contributed by atoms with van der Waals surface area (Å²) in [5.74, 6) is -0.332. The first-order valence-corrected chi connectivity index (χ1v) is 7.89. The zero-order chi connectivity index (χ0) is 14.3. The van der Waals surface area contributed by atoms with Gasteiger partial charge in [-0.05, 0) is 19.3 Å². The molecular weight excluding hydrogens is 260 g/mol. The molecule has 20 heavy (non-hydrogen) atoms. The van der Waals surface area contributed by atoms with E-state index in [4.69, 9.17) is 18.9 Å². The molecule has 1 unspecified atom stereocenters. The maximum Gasteiger partial charge on any atom is 0.168 e. The Balaban J connectivity index is 1.54. The second-order valence-corrected chi connectivity index (χ2v) is 5.72. The molecule has 0 aromatic rings. The summed E-state index contributed by atoms with van der Waals surface area (Å²) in [6.07, 6.45) is 5.48. The van der Waals surface area contributed by atoms with E-state index in [0.29, 0.717) is 33.0 Å². The van der Waals surface area contributed by atoms with Gasteiger partial charge in [0.15, 0.2) is 5.79 Å². The number of hydrogen-bond acceptors (Lipinski definition) is 5. The van der Waals surface area contributed by atoms with Gasteiger partial charge in [0.25, 0.3) is 0 Å². The molecule has 1 saturated heterocycles. The van der Waals surface area contributed by atoms with Crippen molar-refractivity contribution in [3.05, 3.63) is 0 Å². The monoisotopic (exact) mass is 288 g/mol. The molecule has 1 aliphatic heterocycles. The van der Waals surface area contributed by atoms with Crippen LogP contribution < -0.4 is 0 Å². The van der Waals surface area contributed by atoms with Gasteiger partial charge in [0.1, 0.15) is 6.10 Å². The highest BCUT2D eigenvalue weighted by molar-refractivity contribution is 4.83. The first-order chi connectivity index (χ1) is 9.74. The van der Waals surface area contributed by atoms with E-state index in [1.165, 1.54) is 0 Å². The van der Waals surface area contributed by atoms with Crippen molar-refractivity contribution in [2.24, 2.45) is 0 Å². The summed E-state index contributed by atoms with van der Waals surface area (Å²) in [6.45, 7) is 4.97. The molecule has 5 nitrogen and oxygen atoms in total. The molecule has 1 heterocycles. The molecule has 0 aromatic carbocycles. The van der Waals surface area contributed by atoms with Gasteiger partial charge in [-0.3, -0.25) is 0 Å². The Morgan fingerprint density at radius 1 is 1.20 bits per heavy atom. The number of aliphatic hydroxyl groups excluding tert-OH is 1. The summed E-state index contributed by atoms with van der Waals surface area (Å²) in [5, 5.41) is 9.78. The molecule has 2 fully saturated rings. The molecule has 5 heteroatoms. The zero-order valence-corrected chi connectivity index (χ0v) is 12.5. The Morgan fingerprint density at radius 2 is 1.90 bits per heavy atom. The summed E-state index contributed by atoms with van der Waals surface area (Å²) < 4.78 is 22.5. The highest BCUT2D eigenvalue weighted by atomic mass is 16.7. The Labute approximate surface area is 121 Å². The maximum absolute atomic E-state index is 9.78. The predicted molar refractivity (Wildman–Crippen MR) is 74.6 cm³/mol. The van der Waals surface area contributed by atoms with E-state index in [9.17, 15) is 5.11 Å². The molecule has 2 rings (SSSR count). The first kappa shape index (κ1) is 16.2. The van der Waals surface area contributed by atoms with Gasteiger partial charge in [0.05, 0.1) is 32.5 Å². The fourth-order valence-corrected chi connectivity index (χ4v) is 2.74. The molecule has 0 radical (unpaired) electrons. The highest BCUT2D eigenvalue weighted by Gasteiger charge is 2.40. The number of hydrogen-bond donors (Lipinski definition) is 1. The number of aliphatic hydroxyl groups is 1. The van der Waals surface area contributed by atoms with Crippen molar-refractivity contribution < 1.29 is 24.1 Å². The second kappa shape index (κ2) is 8.29. The van der Waals surface area contributed by atoms with Gasteiger partial charge >= 0.3 is 0 Å². The van der Waals surface area contributed by atoms with Crippen LogP contribution >= 0.6 is 0 Å². The van der Waals surface area contributed by atoms with Crippen molar-refractivity contribution in [1.82, 2.24) is 0 Å². The minimum absolute atomic E-state index is 0.207. The molecule has 118 valence electrons. The normalized spacial score (nSPS) is 24.3. The minimum atomic E-state index is -0.526. The third kappa shape index (κ3) is 4.97. The topological polar surface area (TPSA) is 57.2 Å². The largest absolute Gasteiger partial charge is 0.388 e. The molecule has 0 bridgehead atoms. The Kier molecular flexibility index (Phi) is 6.71. The van der Waals surface area contributed by atoms with Crippen LogP contribution in [0, 0.1) is 0 Å². The van der Waals surface area contributed by atoms with E-state index in [0.717, 1.165) is 38.5 Å². The van der Waals surface area contributed by atoms with Crippen LogP contribution in [0.25, 0.3) is 0 Å². The van der Waals surface area contributed by atoms with E-state index in [2.05, 4.69) is 6.92 Å². The fraction of sp³-hybridized carbons (Fsp3) is 1.00. The van der Waals surface area contributed by atoms with Crippen molar-refractivity contribution in [3.63, 3.8) is 0 Å². The van der Waals surface area contributed by atoms with Gasteiger partial charge in [0, 0.05) is 19.4 Å². The van der Waals surface area contributed by atoms with Crippen LogP contribution in [0.4, 0.5) is 0 Å². The van der Waals surface area contributed by atoms with E-state index in [1.807, 2.05) is 0 Å². The lowest BCUT2D eigenvalue weighted by molar-refractivity contribution is -0.193. The predicted octanol–water partition coefficient (Wildman–Crippen LogP) is 1.87. The van der Waals surface area contributed by atoms with Crippen molar-refractivity contribution in [3.8, 4) is 0 Å². The third-order valence-electron chi connectivity index (χ3n) is 3.98. The quantitative estimate of drug-likeness (QED) is 0.691. The lowest BCUT2D eigenvalue weighted by Gasteiger charge is -2.35. The van der Waals surface area contributed by atoms with Crippen molar-refractivity contribution in [2.75, 3.05) is 33.0 Å². The standard InChI is InChI=1S/C15H28O5/c1-2-3-8-17-11-13(16)12-18-14-4-6-15(7-5-14)19-9-10-20-15/h13-14,16H,2-12H2,1H3. The minimum Gasteiger partial charge on any atom is -0.388 e. The number of rotatable bonds is 8. The average Bonchev–Trinajstić information content (AvgIpc) is 2.91. The molecule has 2 aliphatic rings. The van der Waals surface area contributed by atoms with Gasteiger partial charge in [-0.15, -0.1) is 0 Å². The van der Waals surface area contributed by atoms with Crippen LogP contribution in [-0.4, -0.2) is 56.1 Å².